The van der Waals surface area contributed by atoms with E-state index in [-0.39, 0.29) is 5.56 Å². The minimum absolute atomic E-state index is 0.192. The Kier molecular flexibility index (Phi) is 3.63. The number of aromatic carboxylic acids is 1. The second kappa shape index (κ2) is 5.18. The summed E-state index contributed by atoms with van der Waals surface area (Å²) in [6.45, 7) is 0. The van der Waals surface area contributed by atoms with E-state index in [1.807, 2.05) is 40.8 Å². The van der Waals surface area contributed by atoms with E-state index in [9.17, 15) is 4.79 Å². The van der Waals surface area contributed by atoms with Crippen molar-refractivity contribution in [2.45, 2.75) is 0 Å². The van der Waals surface area contributed by atoms with Crippen LogP contribution < -0.4 is 4.74 Å². The number of rotatable bonds is 3. The second-order valence-electron chi connectivity index (χ2n) is 3.33. The minimum Gasteiger partial charge on any atom is -0.478 e. The lowest BCUT2D eigenvalue weighted by atomic mass is 10.2. The highest BCUT2D eigenvalue weighted by Gasteiger charge is 2.15. The molecule has 4 heteroatoms. The summed E-state index contributed by atoms with van der Waals surface area (Å²) in [4.78, 5) is 11.1. The third kappa shape index (κ3) is 2.76. The summed E-state index contributed by atoms with van der Waals surface area (Å²) in [5.74, 6) is -0.00599. The average Bonchev–Trinajstić information content (AvgIpc) is 2.30. The molecule has 0 heterocycles. The third-order valence-electron chi connectivity index (χ3n) is 2.16. The summed E-state index contributed by atoms with van der Waals surface area (Å²) in [5, 5.41) is 9.14. The summed E-state index contributed by atoms with van der Waals surface area (Å²) in [5.41, 5.74) is 0.192. The zero-order valence-corrected chi connectivity index (χ0v) is 10.9. The van der Waals surface area contributed by atoms with Gasteiger partial charge in [-0.3, -0.25) is 0 Å². The fourth-order valence-corrected chi connectivity index (χ4v) is 2.12. The van der Waals surface area contributed by atoms with E-state index in [0.717, 1.165) is 0 Å². The van der Waals surface area contributed by atoms with Crippen LogP contribution in [0.4, 0.5) is 0 Å². The Morgan fingerprint density at radius 3 is 2.41 bits per heavy atom. The van der Waals surface area contributed by atoms with Gasteiger partial charge in [0.05, 0.1) is 0 Å². The lowest BCUT2D eigenvalue weighted by Gasteiger charge is -2.09. The minimum atomic E-state index is -0.985. The Morgan fingerprint density at radius 1 is 1.06 bits per heavy atom. The van der Waals surface area contributed by atoms with Crippen LogP contribution in [0, 0.1) is 3.57 Å². The number of benzene rings is 2. The molecule has 2 aromatic rings. The second-order valence-corrected chi connectivity index (χ2v) is 4.50. The molecule has 2 rings (SSSR count). The van der Waals surface area contributed by atoms with Gasteiger partial charge in [-0.2, -0.15) is 0 Å². The Bertz CT molecular complexity index is 538. The molecule has 0 atom stereocenters. The maximum Gasteiger partial charge on any atom is 0.340 e. The van der Waals surface area contributed by atoms with Gasteiger partial charge in [0.25, 0.3) is 0 Å². The molecule has 0 aromatic heterocycles. The lowest BCUT2D eigenvalue weighted by molar-refractivity contribution is 0.0693. The number of carbonyl (C=O) groups is 1. The maximum atomic E-state index is 11.1. The molecule has 0 fully saturated rings. The van der Waals surface area contributed by atoms with Crippen LogP contribution in [-0.2, 0) is 0 Å². The fourth-order valence-electron chi connectivity index (χ4n) is 1.41. The summed E-state index contributed by atoms with van der Waals surface area (Å²) in [7, 11) is 0. The Morgan fingerprint density at radius 2 is 1.76 bits per heavy atom. The normalized spacial score (nSPS) is 9.94. The summed E-state index contributed by atoms with van der Waals surface area (Å²) in [6, 6.07) is 14.3. The van der Waals surface area contributed by atoms with Crippen molar-refractivity contribution in [1.29, 1.82) is 0 Å². The number of para-hydroxylation sites is 1. The molecule has 0 bridgehead atoms. The van der Waals surface area contributed by atoms with Crippen LogP contribution in [0.3, 0.4) is 0 Å². The van der Waals surface area contributed by atoms with Crippen molar-refractivity contribution in [3.05, 3.63) is 57.7 Å². The first-order valence-corrected chi connectivity index (χ1v) is 6.01. The van der Waals surface area contributed by atoms with Crippen LogP contribution in [0.2, 0.25) is 0 Å². The zero-order chi connectivity index (χ0) is 12.3. The van der Waals surface area contributed by atoms with Crippen molar-refractivity contribution in [2.24, 2.45) is 0 Å². The molecular weight excluding hydrogens is 331 g/mol. The van der Waals surface area contributed by atoms with Crippen LogP contribution in [0.15, 0.2) is 48.5 Å². The number of carboxylic acid groups (broad SMARTS) is 1. The average molecular weight is 340 g/mol. The standard InChI is InChI=1S/C13H9IO3/c14-10-7-4-8-11(12(10)13(15)16)17-9-5-2-1-3-6-9/h1-8H,(H,15,16). The molecule has 0 aliphatic heterocycles. The fraction of sp³-hybridized carbons (Fsp3) is 0. The van der Waals surface area contributed by atoms with Gasteiger partial charge in [-0.25, -0.2) is 4.79 Å². The van der Waals surface area contributed by atoms with Gasteiger partial charge in [0.2, 0.25) is 0 Å². The van der Waals surface area contributed by atoms with Gasteiger partial charge in [-0.05, 0) is 46.9 Å². The molecule has 0 saturated carbocycles. The Labute approximate surface area is 112 Å². The first-order valence-electron chi connectivity index (χ1n) is 4.93. The van der Waals surface area contributed by atoms with Gasteiger partial charge in [0.1, 0.15) is 17.1 Å². The van der Waals surface area contributed by atoms with E-state index in [1.54, 1.807) is 30.3 Å². The Hall–Kier alpha value is -1.56. The van der Waals surface area contributed by atoms with Gasteiger partial charge in [-0.15, -0.1) is 0 Å². The molecular formula is C13H9IO3. The number of hydrogen-bond acceptors (Lipinski definition) is 2. The first kappa shape index (κ1) is 11.9. The van der Waals surface area contributed by atoms with Crippen molar-refractivity contribution in [3.63, 3.8) is 0 Å². The van der Waals surface area contributed by atoms with Crippen molar-refractivity contribution >= 4 is 28.6 Å². The number of halogens is 1. The van der Waals surface area contributed by atoms with Gasteiger partial charge in [0, 0.05) is 3.57 Å². The molecule has 0 saturated heterocycles. The number of carboxylic acids is 1. The van der Waals surface area contributed by atoms with Crippen LogP contribution >= 0.6 is 22.6 Å². The topological polar surface area (TPSA) is 46.5 Å². The monoisotopic (exact) mass is 340 g/mol. The zero-order valence-electron chi connectivity index (χ0n) is 8.76. The van der Waals surface area contributed by atoms with E-state index in [2.05, 4.69) is 0 Å². The highest BCUT2D eigenvalue weighted by atomic mass is 127. The molecule has 2 aromatic carbocycles. The van der Waals surface area contributed by atoms with Crippen LogP contribution in [0.1, 0.15) is 10.4 Å². The smallest absolute Gasteiger partial charge is 0.340 e. The number of hydrogen-bond donors (Lipinski definition) is 1. The predicted octanol–water partition coefficient (Wildman–Crippen LogP) is 3.78. The van der Waals surface area contributed by atoms with E-state index in [0.29, 0.717) is 15.1 Å². The molecule has 0 spiro atoms. The largest absolute Gasteiger partial charge is 0.478 e. The molecule has 0 aliphatic carbocycles. The molecule has 0 unspecified atom stereocenters. The van der Waals surface area contributed by atoms with Crippen LogP contribution in [-0.4, -0.2) is 11.1 Å². The molecule has 0 radical (unpaired) electrons. The van der Waals surface area contributed by atoms with E-state index in [1.165, 1.54) is 0 Å². The van der Waals surface area contributed by atoms with Crippen molar-refractivity contribution in [3.8, 4) is 11.5 Å². The highest BCUT2D eigenvalue weighted by molar-refractivity contribution is 14.1. The van der Waals surface area contributed by atoms with E-state index in [4.69, 9.17) is 9.84 Å². The molecule has 0 amide bonds. The SMILES string of the molecule is O=C(O)c1c(I)cccc1Oc1ccccc1. The summed E-state index contributed by atoms with van der Waals surface area (Å²) in [6.07, 6.45) is 0. The van der Waals surface area contributed by atoms with Gasteiger partial charge >= 0.3 is 5.97 Å². The first-order chi connectivity index (χ1) is 8.18. The van der Waals surface area contributed by atoms with E-state index >= 15 is 0 Å². The highest BCUT2D eigenvalue weighted by Crippen LogP contribution is 2.28. The van der Waals surface area contributed by atoms with Crippen molar-refractivity contribution in [1.82, 2.24) is 0 Å². The van der Waals surface area contributed by atoms with Gasteiger partial charge in [0.15, 0.2) is 0 Å². The van der Waals surface area contributed by atoms with Gasteiger partial charge < -0.3 is 9.84 Å². The Balaban J connectivity index is 2.40. The maximum absolute atomic E-state index is 11.1. The molecule has 3 nitrogen and oxygen atoms in total. The van der Waals surface area contributed by atoms with Crippen molar-refractivity contribution < 1.29 is 14.6 Å². The molecule has 17 heavy (non-hydrogen) atoms. The summed E-state index contributed by atoms with van der Waals surface area (Å²) < 4.78 is 6.22. The quantitative estimate of drug-likeness (QED) is 0.865. The lowest BCUT2D eigenvalue weighted by Crippen LogP contribution is -2.02. The molecule has 86 valence electrons. The van der Waals surface area contributed by atoms with Gasteiger partial charge in [-0.1, -0.05) is 24.3 Å². The molecule has 1 N–H and O–H groups in total. The predicted molar refractivity (Wildman–Crippen MR) is 72.6 cm³/mol. The van der Waals surface area contributed by atoms with Crippen LogP contribution in [0.5, 0.6) is 11.5 Å². The number of ether oxygens (including phenoxy) is 1. The molecule has 0 aliphatic rings. The van der Waals surface area contributed by atoms with Crippen LogP contribution in [0.25, 0.3) is 0 Å². The summed E-state index contributed by atoms with van der Waals surface area (Å²) >= 11 is 1.98. The van der Waals surface area contributed by atoms with E-state index < -0.39 is 5.97 Å². The van der Waals surface area contributed by atoms with Crippen molar-refractivity contribution in [2.75, 3.05) is 0 Å². The third-order valence-corrected chi connectivity index (χ3v) is 3.06.